The zero-order chi connectivity index (χ0) is 13.2. The number of nitrogens with one attached hydrogen (secondary N) is 1. The van der Waals surface area contributed by atoms with Crippen molar-refractivity contribution in [2.75, 3.05) is 12.4 Å². The van der Waals surface area contributed by atoms with Gasteiger partial charge in [0.2, 0.25) is 0 Å². The lowest BCUT2D eigenvalue weighted by molar-refractivity contribution is 0.113. The summed E-state index contributed by atoms with van der Waals surface area (Å²) < 4.78 is 2.10. The van der Waals surface area contributed by atoms with E-state index in [9.17, 15) is 5.11 Å². The Balaban J connectivity index is 1.75. The second kappa shape index (κ2) is 5.80. The highest BCUT2D eigenvalue weighted by Gasteiger charge is 2.22. The summed E-state index contributed by atoms with van der Waals surface area (Å²) in [6.07, 6.45) is 3.87. The Kier molecular flexibility index (Phi) is 4.09. The summed E-state index contributed by atoms with van der Waals surface area (Å²) in [6.45, 7) is 0.602. The summed E-state index contributed by atoms with van der Waals surface area (Å²) in [6, 6.07) is 0.657. The van der Waals surface area contributed by atoms with Crippen LogP contribution in [0.5, 0.6) is 0 Å². The maximum absolute atomic E-state index is 9.45. The van der Waals surface area contributed by atoms with Gasteiger partial charge in [-0.3, -0.25) is 4.40 Å². The van der Waals surface area contributed by atoms with E-state index >= 15 is 0 Å². The summed E-state index contributed by atoms with van der Waals surface area (Å²) in [5.74, 6) is 0.470. The Hall–Kier alpha value is -0.600. The fourth-order valence-electron chi connectivity index (χ4n) is 1.85. The Morgan fingerprint density at radius 1 is 1.58 bits per heavy atom. The number of imidazole rings is 1. The molecule has 1 unspecified atom stereocenters. The Morgan fingerprint density at radius 2 is 2.42 bits per heavy atom. The van der Waals surface area contributed by atoms with Crippen LogP contribution >= 0.6 is 23.1 Å². The number of thioether (sulfide) groups is 1. The summed E-state index contributed by atoms with van der Waals surface area (Å²) in [7, 11) is 0. The van der Waals surface area contributed by atoms with Gasteiger partial charge in [0.05, 0.1) is 18.4 Å². The van der Waals surface area contributed by atoms with Crippen molar-refractivity contribution in [1.29, 1.82) is 0 Å². The predicted octanol–water partition coefficient (Wildman–Crippen LogP) is 1.09. The smallest absolute Gasteiger partial charge is 0.194 e. The third-order valence-electron chi connectivity index (χ3n) is 3.08. The van der Waals surface area contributed by atoms with Crippen LogP contribution < -0.4 is 5.32 Å². The number of nitrogens with zero attached hydrogens (tertiary/aromatic N) is 2. The molecule has 2 heterocycles. The van der Waals surface area contributed by atoms with Crippen LogP contribution in [-0.4, -0.2) is 44.1 Å². The highest BCUT2D eigenvalue weighted by atomic mass is 32.2. The number of fused-ring (bicyclic) bond motifs is 1. The highest BCUT2D eigenvalue weighted by Crippen LogP contribution is 2.27. The Morgan fingerprint density at radius 3 is 3.16 bits per heavy atom. The molecule has 0 amide bonds. The molecule has 1 atom stereocenters. The van der Waals surface area contributed by atoms with Crippen molar-refractivity contribution in [3.63, 3.8) is 0 Å². The summed E-state index contributed by atoms with van der Waals surface area (Å²) in [5.41, 5.74) is 1.15. The molecule has 5 nitrogen and oxygen atoms in total. The van der Waals surface area contributed by atoms with Crippen LogP contribution in [0.15, 0.2) is 16.6 Å². The molecule has 104 valence electrons. The molecule has 2 aromatic rings. The molecule has 0 radical (unpaired) electrons. The second-order valence-electron chi connectivity index (χ2n) is 4.72. The molecular formula is C12H17N3O2S2. The molecule has 7 heteroatoms. The topological polar surface area (TPSA) is 69.8 Å². The van der Waals surface area contributed by atoms with Crippen LogP contribution in [0.3, 0.4) is 0 Å². The van der Waals surface area contributed by atoms with Gasteiger partial charge in [-0.05, 0) is 12.8 Å². The summed E-state index contributed by atoms with van der Waals surface area (Å²) in [5, 5.41) is 24.8. The first kappa shape index (κ1) is 13.4. The average molecular weight is 299 g/mol. The molecule has 0 aromatic carbocycles. The van der Waals surface area contributed by atoms with Crippen molar-refractivity contribution in [3.8, 4) is 0 Å². The monoisotopic (exact) mass is 299 g/mol. The van der Waals surface area contributed by atoms with E-state index in [1.165, 1.54) is 24.6 Å². The van der Waals surface area contributed by atoms with Gasteiger partial charge in [-0.25, -0.2) is 4.98 Å². The second-order valence-corrected chi connectivity index (χ2v) is 6.60. The lowest BCUT2D eigenvalue weighted by Crippen LogP contribution is -2.18. The number of aliphatic hydroxyl groups is 2. The van der Waals surface area contributed by atoms with E-state index in [1.807, 2.05) is 11.6 Å². The molecule has 0 aliphatic heterocycles. The summed E-state index contributed by atoms with van der Waals surface area (Å²) in [4.78, 5) is 5.57. The molecular weight excluding hydrogens is 282 g/mol. The average Bonchev–Trinajstić information content (AvgIpc) is 3.03. The van der Waals surface area contributed by atoms with Crippen LogP contribution in [0.4, 0.5) is 0 Å². The number of hydrogen-bond acceptors (Lipinski definition) is 6. The van der Waals surface area contributed by atoms with Crippen molar-refractivity contribution in [3.05, 3.63) is 17.3 Å². The van der Waals surface area contributed by atoms with Crippen molar-refractivity contribution < 1.29 is 10.2 Å². The maximum Gasteiger partial charge on any atom is 0.194 e. The van der Waals surface area contributed by atoms with E-state index in [2.05, 4.69) is 14.7 Å². The third-order valence-corrected chi connectivity index (χ3v) is 4.99. The molecule has 2 aromatic heterocycles. The quantitative estimate of drug-likeness (QED) is 0.668. The van der Waals surface area contributed by atoms with E-state index in [0.29, 0.717) is 11.8 Å². The first-order valence-electron chi connectivity index (χ1n) is 6.37. The lowest BCUT2D eigenvalue weighted by Gasteiger charge is -2.07. The molecule has 1 saturated carbocycles. The SMILES string of the molecule is OCC(O)CSc1nc2sccn2c1CNC1CC1. The van der Waals surface area contributed by atoms with Crippen LogP contribution in [0.2, 0.25) is 0 Å². The first-order chi connectivity index (χ1) is 9.28. The predicted molar refractivity (Wildman–Crippen MR) is 76.7 cm³/mol. The number of thiazole rings is 1. The molecule has 0 spiro atoms. The van der Waals surface area contributed by atoms with Gasteiger partial charge in [-0.1, -0.05) is 0 Å². The van der Waals surface area contributed by atoms with Gasteiger partial charge >= 0.3 is 0 Å². The molecule has 1 aliphatic carbocycles. The van der Waals surface area contributed by atoms with Gasteiger partial charge in [-0.2, -0.15) is 0 Å². The highest BCUT2D eigenvalue weighted by molar-refractivity contribution is 7.99. The number of rotatable bonds is 7. The fourth-order valence-corrected chi connectivity index (χ4v) is 3.58. The fraction of sp³-hybridized carbons (Fsp3) is 0.583. The zero-order valence-corrected chi connectivity index (χ0v) is 12.1. The number of hydrogen-bond donors (Lipinski definition) is 3. The van der Waals surface area contributed by atoms with E-state index in [1.54, 1.807) is 11.3 Å². The van der Waals surface area contributed by atoms with Crippen LogP contribution in [0.25, 0.3) is 4.96 Å². The Bertz CT molecular complexity index is 550. The molecule has 3 rings (SSSR count). The van der Waals surface area contributed by atoms with Gasteiger partial charge in [0.15, 0.2) is 4.96 Å². The zero-order valence-electron chi connectivity index (χ0n) is 10.5. The van der Waals surface area contributed by atoms with E-state index in [-0.39, 0.29) is 6.61 Å². The Labute approximate surface area is 119 Å². The van der Waals surface area contributed by atoms with E-state index in [4.69, 9.17) is 5.11 Å². The lowest BCUT2D eigenvalue weighted by atomic mass is 10.4. The molecule has 19 heavy (non-hydrogen) atoms. The van der Waals surface area contributed by atoms with Crippen LogP contribution in [-0.2, 0) is 6.54 Å². The molecule has 1 fully saturated rings. The first-order valence-corrected chi connectivity index (χ1v) is 8.24. The van der Waals surface area contributed by atoms with Crippen molar-refractivity contribution in [2.45, 2.75) is 36.6 Å². The molecule has 0 bridgehead atoms. The normalized spacial score (nSPS) is 17.2. The number of aromatic nitrogens is 2. The largest absolute Gasteiger partial charge is 0.394 e. The summed E-state index contributed by atoms with van der Waals surface area (Å²) >= 11 is 3.12. The third kappa shape index (κ3) is 3.11. The van der Waals surface area contributed by atoms with Gasteiger partial charge in [0.1, 0.15) is 5.03 Å². The van der Waals surface area contributed by atoms with E-state index < -0.39 is 6.10 Å². The minimum absolute atomic E-state index is 0.203. The number of aliphatic hydroxyl groups excluding tert-OH is 2. The van der Waals surface area contributed by atoms with Gasteiger partial charge < -0.3 is 15.5 Å². The maximum atomic E-state index is 9.45. The van der Waals surface area contributed by atoms with Gasteiger partial charge in [0.25, 0.3) is 0 Å². The van der Waals surface area contributed by atoms with E-state index in [0.717, 1.165) is 22.2 Å². The molecule has 1 aliphatic rings. The van der Waals surface area contributed by atoms with Crippen LogP contribution in [0.1, 0.15) is 18.5 Å². The molecule has 3 N–H and O–H groups in total. The van der Waals surface area contributed by atoms with Crippen molar-refractivity contribution in [2.24, 2.45) is 0 Å². The van der Waals surface area contributed by atoms with Crippen LogP contribution in [0, 0.1) is 0 Å². The van der Waals surface area contributed by atoms with Crippen molar-refractivity contribution >= 4 is 28.1 Å². The van der Waals surface area contributed by atoms with Gasteiger partial charge in [0, 0.05) is 29.9 Å². The standard InChI is InChI=1S/C12H17N3O2S2/c16-6-9(17)7-19-11-10(5-13-8-1-2-8)15-3-4-18-12(15)14-11/h3-4,8-9,13,16-17H,1-2,5-7H2. The van der Waals surface area contributed by atoms with Crippen molar-refractivity contribution in [1.82, 2.24) is 14.7 Å². The van der Waals surface area contributed by atoms with Gasteiger partial charge in [-0.15, -0.1) is 23.1 Å². The molecule has 0 saturated heterocycles. The minimum Gasteiger partial charge on any atom is -0.394 e. The minimum atomic E-state index is -0.686.